The quantitative estimate of drug-likeness (QED) is 0.731. The second kappa shape index (κ2) is 4.56. The molecule has 1 aromatic rings. The molecule has 86 valence electrons. The SMILES string of the molecule is CCC[C@@H](C)C(=O)c1ccc2c(c1)OCO2. The van der Waals surface area contributed by atoms with Gasteiger partial charge in [-0.3, -0.25) is 4.79 Å². The molecule has 1 aromatic carbocycles. The Hall–Kier alpha value is -1.51. The summed E-state index contributed by atoms with van der Waals surface area (Å²) in [6.45, 7) is 4.30. The van der Waals surface area contributed by atoms with Gasteiger partial charge in [-0.15, -0.1) is 0 Å². The molecule has 0 aromatic heterocycles. The maximum Gasteiger partial charge on any atom is 0.231 e. The van der Waals surface area contributed by atoms with Gasteiger partial charge in [-0.1, -0.05) is 20.3 Å². The van der Waals surface area contributed by atoms with Crippen LogP contribution in [0.25, 0.3) is 0 Å². The summed E-state index contributed by atoms with van der Waals surface area (Å²) in [5, 5.41) is 0. The lowest BCUT2D eigenvalue weighted by molar-refractivity contribution is 0.0923. The van der Waals surface area contributed by atoms with Crippen molar-refractivity contribution in [1.29, 1.82) is 0 Å². The third-order valence-electron chi connectivity index (χ3n) is 2.83. The average molecular weight is 220 g/mol. The van der Waals surface area contributed by atoms with Crippen molar-refractivity contribution in [2.45, 2.75) is 26.7 Å². The number of carbonyl (C=O) groups is 1. The zero-order valence-electron chi connectivity index (χ0n) is 9.66. The van der Waals surface area contributed by atoms with E-state index < -0.39 is 0 Å². The van der Waals surface area contributed by atoms with E-state index in [0.717, 1.165) is 18.6 Å². The fourth-order valence-electron chi connectivity index (χ4n) is 1.90. The van der Waals surface area contributed by atoms with Crippen LogP contribution in [0.15, 0.2) is 18.2 Å². The number of ketones is 1. The maximum absolute atomic E-state index is 12.0. The average Bonchev–Trinajstić information content (AvgIpc) is 2.75. The van der Waals surface area contributed by atoms with Crippen LogP contribution < -0.4 is 9.47 Å². The lowest BCUT2D eigenvalue weighted by Gasteiger charge is -2.09. The highest BCUT2D eigenvalue weighted by Gasteiger charge is 2.19. The molecule has 1 atom stereocenters. The van der Waals surface area contributed by atoms with E-state index in [4.69, 9.17) is 9.47 Å². The Morgan fingerprint density at radius 2 is 2.12 bits per heavy atom. The van der Waals surface area contributed by atoms with Gasteiger partial charge < -0.3 is 9.47 Å². The maximum atomic E-state index is 12.0. The Morgan fingerprint density at radius 3 is 2.88 bits per heavy atom. The molecule has 16 heavy (non-hydrogen) atoms. The molecular formula is C13H16O3. The van der Waals surface area contributed by atoms with Crippen LogP contribution in [0.1, 0.15) is 37.0 Å². The minimum Gasteiger partial charge on any atom is -0.454 e. The molecule has 0 unspecified atom stereocenters. The van der Waals surface area contributed by atoms with Crippen molar-refractivity contribution < 1.29 is 14.3 Å². The summed E-state index contributed by atoms with van der Waals surface area (Å²) < 4.78 is 10.5. The standard InChI is InChI=1S/C13H16O3/c1-3-4-9(2)13(14)10-5-6-11-12(7-10)16-8-15-11/h5-7,9H,3-4,8H2,1-2H3/t9-/m1/s1. The van der Waals surface area contributed by atoms with Crippen molar-refractivity contribution in [1.82, 2.24) is 0 Å². The van der Waals surface area contributed by atoms with Crippen molar-refractivity contribution in [3.05, 3.63) is 23.8 Å². The zero-order chi connectivity index (χ0) is 11.5. The fraction of sp³-hybridized carbons (Fsp3) is 0.462. The molecule has 0 spiro atoms. The summed E-state index contributed by atoms with van der Waals surface area (Å²) in [4.78, 5) is 12.0. The highest BCUT2D eigenvalue weighted by Crippen LogP contribution is 2.33. The Bertz CT molecular complexity index is 398. The van der Waals surface area contributed by atoms with Gasteiger partial charge in [0.1, 0.15) is 0 Å². The molecule has 1 aliphatic rings. The molecule has 0 N–H and O–H groups in total. The summed E-state index contributed by atoms with van der Waals surface area (Å²) in [6, 6.07) is 5.38. The molecule has 0 aliphatic carbocycles. The van der Waals surface area contributed by atoms with Gasteiger partial charge >= 0.3 is 0 Å². The van der Waals surface area contributed by atoms with Crippen molar-refractivity contribution in [3.63, 3.8) is 0 Å². The highest BCUT2D eigenvalue weighted by molar-refractivity contribution is 5.98. The number of fused-ring (bicyclic) bond motifs is 1. The van der Waals surface area contributed by atoms with Gasteiger partial charge in [0.2, 0.25) is 6.79 Å². The van der Waals surface area contributed by atoms with Gasteiger partial charge in [-0.05, 0) is 24.6 Å². The molecule has 1 aliphatic heterocycles. The molecular weight excluding hydrogens is 204 g/mol. The second-order valence-corrected chi connectivity index (χ2v) is 4.12. The zero-order valence-corrected chi connectivity index (χ0v) is 9.66. The van der Waals surface area contributed by atoms with Crippen molar-refractivity contribution >= 4 is 5.78 Å². The Morgan fingerprint density at radius 1 is 1.38 bits per heavy atom. The van der Waals surface area contributed by atoms with E-state index in [1.165, 1.54) is 0 Å². The number of hydrogen-bond acceptors (Lipinski definition) is 3. The number of Topliss-reactive ketones (excluding diaryl/α,β-unsaturated/α-hetero) is 1. The third-order valence-corrected chi connectivity index (χ3v) is 2.83. The van der Waals surface area contributed by atoms with Gasteiger partial charge in [0.05, 0.1) is 0 Å². The first-order valence-electron chi connectivity index (χ1n) is 5.66. The van der Waals surface area contributed by atoms with Crippen LogP contribution in [-0.4, -0.2) is 12.6 Å². The number of ether oxygens (including phenoxy) is 2. The molecule has 0 fully saturated rings. The van der Waals surface area contributed by atoms with Gasteiger partial charge in [0, 0.05) is 11.5 Å². The Balaban J connectivity index is 2.18. The van der Waals surface area contributed by atoms with Gasteiger partial charge in [0.15, 0.2) is 17.3 Å². The molecule has 0 bridgehead atoms. The predicted octanol–water partition coefficient (Wildman–Crippen LogP) is 3.03. The van der Waals surface area contributed by atoms with E-state index in [-0.39, 0.29) is 18.5 Å². The molecule has 3 nitrogen and oxygen atoms in total. The van der Waals surface area contributed by atoms with Crippen molar-refractivity contribution in [3.8, 4) is 11.5 Å². The van der Waals surface area contributed by atoms with Crippen molar-refractivity contribution in [2.75, 3.05) is 6.79 Å². The summed E-state index contributed by atoms with van der Waals surface area (Å²) in [6.07, 6.45) is 1.95. The molecule has 0 saturated heterocycles. The van der Waals surface area contributed by atoms with Crippen LogP contribution in [0.4, 0.5) is 0 Å². The van der Waals surface area contributed by atoms with E-state index in [0.29, 0.717) is 11.3 Å². The summed E-state index contributed by atoms with van der Waals surface area (Å²) in [5.74, 6) is 1.65. The molecule has 0 saturated carbocycles. The lowest BCUT2D eigenvalue weighted by atomic mass is 9.95. The molecule has 2 rings (SSSR count). The molecule has 3 heteroatoms. The molecule has 0 amide bonds. The van der Waals surface area contributed by atoms with Crippen LogP contribution in [0.5, 0.6) is 11.5 Å². The Kier molecular flexibility index (Phi) is 3.13. The highest BCUT2D eigenvalue weighted by atomic mass is 16.7. The van der Waals surface area contributed by atoms with Gasteiger partial charge in [-0.25, -0.2) is 0 Å². The van der Waals surface area contributed by atoms with E-state index in [1.54, 1.807) is 12.1 Å². The lowest BCUT2D eigenvalue weighted by Crippen LogP contribution is -2.10. The smallest absolute Gasteiger partial charge is 0.231 e. The van der Waals surface area contributed by atoms with E-state index in [9.17, 15) is 4.79 Å². The van der Waals surface area contributed by atoms with E-state index >= 15 is 0 Å². The second-order valence-electron chi connectivity index (χ2n) is 4.12. The monoisotopic (exact) mass is 220 g/mol. The number of rotatable bonds is 4. The topological polar surface area (TPSA) is 35.5 Å². The van der Waals surface area contributed by atoms with Crippen molar-refractivity contribution in [2.24, 2.45) is 5.92 Å². The predicted molar refractivity (Wildman–Crippen MR) is 61.0 cm³/mol. The third kappa shape index (κ3) is 2.03. The van der Waals surface area contributed by atoms with Crippen LogP contribution in [0, 0.1) is 5.92 Å². The normalized spacial score (nSPS) is 14.9. The number of hydrogen-bond donors (Lipinski definition) is 0. The first kappa shape index (κ1) is 11.0. The molecule has 0 radical (unpaired) electrons. The summed E-state index contributed by atoms with van der Waals surface area (Å²) >= 11 is 0. The van der Waals surface area contributed by atoms with Crippen LogP contribution in [-0.2, 0) is 0 Å². The van der Waals surface area contributed by atoms with Crippen LogP contribution in [0.2, 0.25) is 0 Å². The number of benzene rings is 1. The fourth-order valence-corrected chi connectivity index (χ4v) is 1.90. The van der Waals surface area contributed by atoms with E-state index in [2.05, 4.69) is 6.92 Å². The minimum absolute atomic E-state index is 0.0744. The first-order chi connectivity index (χ1) is 7.72. The number of carbonyl (C=O) groups excluding carboxylic acids is 1. The van der Waals surface area contributed by atoms with Crippen LogP contribution >= 0.6 is 0 Å². The largest absolute Gasteiger partial charge is 0.454 e. The van der Waals surface area contributed by atoms with E-state index in [1.807, 2.05) is 13.0 Å². The van der Waals surface area contributed by atoms with Crippen LogP contribution in [0.3, 0.4) is 0 Å². The minimum atomic E-state index is 0.0744. The van der Waals surface area contributed by atoms with Gasteiger partial charge in [-0.2, -0.15) is 0 Å². The first-order valence-corrected chi connectivity index (χ1v) is 5.66. The summed E-state index contributed by atoms with van der Waals surface area (Å²) in [7, 11) is 0. The Labute approximate surface area is 95.4 Å². The van der Waals surface area contributed by atoms with Gasteiger partial charge in [0.25, 0.3) is 0 Å². The summed E-state index contributed by atoms with van der Waals surface area (Å²) in [5.41, 5.74) is 0.713. The molecule has 1 heterocycles.